The lowest BCUT2D eigenvalue weighted by Crippen LogP contribution is -2.44. The Morgan fingerprint density at radius 2 is 1.96 bits per heavy atom. The molecule has 3 N–H and O–H groups in total. The van der Waals surface area contributed by atoms with Gasteiger partial charge in [0.25, 0.3) is 5.91 Å². The highest BCUT2D eigenvalue weighted by Crippen LogP contribution is 2.23. The number of hydrogen-bond donors (Lipinski definition) is 2. The number of carbonyl (C=O) groups is 2. The van der Waals surface area contributed by atoms with Crippen LogP contribution < -0.4 is 11.1 Å². The molecule has 2 amide bonds. The molecule has 6 nitrogen and oxygen atoms in total. The average Bonchev–Trinajstić information content (AvgIpc) is 2.55. The maximum absolute atomic E-state index is 12.3. The van der Waals surface area contributed by atoms with E-state index in [0.717, 1.165) is 12.8 Å². The van der Waals surface area contributed by atoms with E-state index >= 15 is 0 Å². The number of halogens is 2. The number of rotatable bonds is 4. The van der Waals surface area contributed by atoms with Crippen LogP contribution in [0.3, 0.4) is 0 Å². The average molecular weight is 376 g/mol. The standard InChI is InChI=1S/C16H22ClN3O3.ClH/c1-20(2)16(22)12-9-11(3-4-13(12)17)19-15(21)14(18)10-5-7-23-8-6-10;/h3-4,9-10,14H,5-8,18H2,1-2H3,(H,19,21);1H. The van der Waals surface area contributed by atoms with E-state index < -0.39 is 6.04 Å². The van der Waals surface area contributed by atoms with Crippen LogP contribution in [-0.2, 0) is 9.53 Å². The van der Waals surface area contributed by atoms with Gasteiger partial charge < -0.3 is 20.7 Å². The number of amides is 2. The monoisotopic (exact) mass is 375 g/mol. The second kappa shape index (κ2) is 9.22. The van der Waals surface area contributed by atoms with Crippen molar-refractivity contribution in [1.82, 2.24) is 4.90 Å². The molecule has 1 unspecified atom stereocenters. The van der Waals surface area contributed by atoms with Crippen LogP contribution in [0, 0.1) is 5.92 Å². The molecule has 1 aromatic carbocycles. The van der Waals surface area contributed by atoms with E-state index in [0.29, 0.717) is 29.5 Å². The van der Waals surface area contributed by atoms with Crippen molar-refractivity contribution in [2.45, 2.75) is 18.9 Å². The SMILES string of the molecule is CN(C)C(=O)c1cc(NC(=O)C(N)C2CCOCC2)ccc1Cl.Cl. The predicted octanol–water partition coefficient (Wildman–Crippen LogP) is 2.16. The summed E-state index contributed by atoms with van der Waals surface area (Å²) in [5.41, 5.74) is 6.90. The molecule has 1 atom stereocenters. The maximum atomic E-state index is 12.3. The fourth-order valence-corrected chi connectivity index (χ4v) is 2.72. The zero-order chi connectivity index (χ0) is 17.0. The Balaban J connectivity index is 0.00000288. The molecule has 24 heavy (non-hydrogen) atoms. The van der Waals surface area contributed by atoms with Crippen molar-refractivity contribution in [3.8, 4) is 0 Å². The van der Waals surface area contributed by atoms with E-state index in [1.165, 1.54) is 4.90 Å². The minimum Gasteiger partial charge on any atom is -0.381 e. The van der Waals surface area contributed by atoms with Crippen molar-refractivity contribution in [2.24, 2.45) is 11.7 Å². The summed E-state index contributed by atoms with van der Waals surface area (Å²) in [5.74, 6) is -0.374. The minimum absolute atomic E-state index is 0. The molecule has 8 heteroatoms. The molecule has 0 aliphatic carbocycles. The number of nitrogens with two attached hydrogens (primary N) is 1. The summed E-state index contributed by atoms with van der Waals surface area (Å²) in [7, 11) is 3.29. The Bertz CT molecular complexity index is 590. The lowest BCUT2D eigenvalue weighted by atomic mass is 9.92. The minimum atomic E-state index is -0.595. The van der Waals surface area contributed by atoms with Crippen LogP contribution in [0.25, 0.3) is 0 Å². The van der Waals surface area contributed by atoms with Crippen molar-refractivity contribution < 1.29 is 14.3 Å². The molecule has 0 saturated carbocycles. The third-order valence-corrected chi connectivity index (χ3v) is 4.28. The number of nitrogens with zero attached hydrogens (tertiary/aromatic N) is 1. The van der Waals surface area contributed by atoms with E-state index in [2.05, 4.69) is 5.32 Å². The van der Waals surface area contributed by atoms with Crippen LogP contribution in [0.5, 0.6) is 0 Å². The highest BCUT2D eigenvalue weighted by molar-refractivity contribution is 6.34. The lowest BCUT2D eigenvalue weighted by Gasteiger charge is -2.26. The van der Waals surface area contributed by atoms with E-state index in [1.54, 1.807) is 32.3 Å². The van der Waals surface area contributed by atoms with E-state index in [9.17, 15) is 9.59 Å². The molecule has 1 aliphatic heterocycles. The first-order valence-corrected chi connectivity index (χ1v) is 7.93. The Labute approximate surface area is 153 Å². The number of hydrogen-bond acceptors (Lipinski definition) is 4. The van der Waals surface area contributed by atoms with Gasteiger partial charge in [0.15, 0.2) is 0 Å². The van der Waals surface area contributed by atoms with Crippen LogP contribution in [0.4, 0.5) is 5.69 Å². The molecule has 2 rings (SSSR count). The largest absolute Gasteiger partial charge is 0.381 e. The van der Waals surface area contributed by atoms with Crippen molar-refractivity contribution in [3.63, 3.8) is 0 Å². The van der Waals surface area contributed by atoms with E-state index in [4.69, 9.17) is 22.1 Å². The first-order chi connectivity index (χ1) is 10.9. The quantitative estimate of drug-likeness (QED) is 0.844. The first-order valence-electron chi connectivity index (χ1n) is 7.55. The molecular weight excluding hydrogens is 353 g/mol. The van der Waals surface area contributed by atoms with Crippen LogP contribution in [0.2, 0.25) is 5.02 Å². The second-order valence-electron chi connectivity index (χ2n) is 5.86. The highest BCUT2D eigenvalue weighted by atomic mass is 35.5. The summed E-state index contributed by atoms with van der Waals surface area (Å²) >= 11 is 6.06. The van der Waals surface area contributed by atoms with Crippen LogP contribution >= 0.6 is 24.0 Å². The van der Waals surface area contributed by atoms with Crippen LogP contribution in [-0.4, -0.2) is 50.1 Å². The number of carbonyl (C=O) groups excluding carboxylic acids is 2. The third-order valence-electron chi connectivity index (χ3n) is 3.95. The Morgan fingerprint density at radius 1 is 1.33 bits per heavy atom. The maximum Gasteiger partial charge on any atom is 0.254 e. The topological polar surface area (TPSA) is 84.7 Å². The van der Waals surface area contributed by atoms with Gasteiger partial charge in [0, 0.05) is 33.0 Å². The van der Waals surface area contributed by atoms with Crippen molar-refractivity contribution >= 4 is 41.5 Å². The summed E-state index contributed by atoms with van der Waals surface area (Å²) in [6, 6.07) is 4.22. The van der Waals surface area contributed by atoms with Crippen LogP contribution in [0.15, 0.2) is 18.2 Å². The molecule has 134 valence electrons. The van der Waals surface area contributed by atoms with Gasteiger partial charge in [0.2, 0.25) is 5.91 Å². The van der Waals surface area contributed by atoms with E-state index in [1.807, 2.05) is 0 Å². The molecular formula is C16H23Cl2N3O3. The van der Waals surface area contributed by atoms with Gasteiger partial charge in [-0.05, 0) is 37.0 Å². The van der Waals surface area contributed by atoms with Gasteiger partial charge in [0.05, 0.1) is 16.6 Å². The number of benzene rings is 1. The fourth-order valence-electron chi connectivity index (χ4n) is 2.52. The fraction of sp³-hybridized carbons (Fsp3) is 0.500. The zero-order valence-electron chi connectivity index (χ0n) is 13.8. The molecule has 1 fully saturated rings. The summed E-state index contributed by atoms with van der Waals surface area (Å²) in [6.45, 7) is 1.27. The molecule has 1 heterocycles. The Kier molecular flexibility index (Phi) is 7.96. The molecule has 0 aromatic heterocycles. The van der Waals surface area contributed by atoms with Crippen molar-refractivity contribution in [3.05, 3.63) is 28.8 Å². The normalized spacial score (nSPS) is 16.0. The third kappa shape index (κ3) is 5.08. The summed E-state index contributed by atoms with van der Waals surface area (Å²) < 4.78 is 5.28. The van der Waals surface area contributed by atoms with Crippen LogP contribution in [0.1, 0.15) is 23.2 Å². The van der Waals surface area contributed by atoms with Crippen molar-refractivity contribution in [2.75, 3.05) is 32.6 Å². The molecule has 0 spiro atoms. The lowest BCUT2D eigenvalue weighted by molar-refractivity contribution is -0.119. The highest BCUT2D eigenvalue weighted by Gasteiger charge is 2.26. The Morgan fingerprint density at radius 3 is 2.54 bits per heavy atom. The van der Waals surface area contributed by atoms with Gasteiger partial charge in [-0.1, -0.05) is 11.6 Å². The van der Waals surface area contributed by atoms with Gasteiger partial charge >= 0.3 is 0 Å². The summed E-state index contributed by atoms with van der Waals surface area (Å²) in [4.78, 5) is 25.8. The molecule has 0 radical (unpaired) electrons. The molecule has 1 aromatic rings. The summed E-state index contributed by atoms with van der Waals surface area (Å²) in [6.07, 6.45) is 1.55. The van der Waals surface area contributed by atoms with Crippen molar-refractivity contribution in [1.29, 1.82) is 0 Å². The summed E-state index contributed by atoms with van der Waals surface area (Å²) in [5, 5.41) is 3.11. The molecule has 1 saturated heterocycles. The van der Waals surface area contributed by atoms with Gasteiger partial charge in [0.1, 0.15) is 0 Å². The smallest absolute Gasteiger partial charge is 0.254 e. The first kappa shape index (κ1) is 20.7. The zero-order valence-corrected chi connectivity index (χ0v) is 15.3. The molecule has 0 bridgehead atoms. The number of ether oxygens (including phenoxy) is 1. The number of anilines is 1. The second-order valence-corrected chi connectivity index (χ2v) is 6.27. The Hall–Kier alpha value is -1.34. The van der Waals surface area contributed by atoms with Gasteiger partial charge in [-0.25, -0.2) is 0 Å². The van der Waals surface area contributed by atoms with Gasteiger partial charge in [-0.3, -0.25) is 9.59 Å². The van der Waals surface area contributed by atoms with Gasteiger partial charge in [-0.2, -0.15) is 0 Å². The van der Waals surface area contributed by atoms with E-state index in [-0.39, 0.29) is 30.1 Å². The number of nitrogens with one attached hydrogen (secondary N) is 1. The van der Waals surface area contributed by atoms with Gasteiger partial charge in [-0.15, -0.1) is 12.4 Å². The predicted molar refractivity (Wildman–Crippen MR) is 96.9 cm³/mol. The molecule has 1 aliphatic rings.